The lowest BCUT2D eigenvalue weighted by molar-refractivity contribution is 0.0939. The summed E-state index contributed by atoms with van der Waals surface area (Å²) in [5.41, 5.74) is 1.68. The Morgan fingerprint density at radius 3 is 2.46 bits per heavy atom. The molecule has 0 saturated heterocycles. The van der Waals surface area contributed by atoms with Crippen molar-refractivity contribution in [3.63, 3.8) is 0 Å². The number of hydrogen-bond donors (Lipinski definition) is 1. The van der Waals surface area contributed by atoms with Gasteiger partial charge in [-0.2, -0.15) is 0 Å². The molecule has 3 rings (SSSR count). The minimum absolute atomic E-state index is 0.0560. The van der Waals surface area contributed by atoms with Crippen LogP contribution in [0.4, 0.5) is 5.69 Å². The topological polar surface area (TPSA) is 79.4 Å². The number of nitrogens with one attached hydrogen (secondary N) is 1. The van der Waals surface area contributed by atoms with Crippen LogP contribution in [0.3, 0.4) is 0 Å². The van der Waals surface area contributed by atoms with E-state index in [1.54, 1.807) is 54.9 Å². The van der Waals surface area contributed by atoms with Crippen molar-refractivity contribution in [2.45, 2.75) is 17.9 Å². The maximum atomic E-state index is 12.9. The number of benzene rings is 2. The van der Waals surface area contributed by atoms with E-state index in [0.717, 1.165) is 5.56 Å². The van der Waals surface area contributed by atoms with Crippen LogP contribution in [0.25, 0.3) is 0 Å². The summed E-state index contributed by atoms with van der Waals surface area (Å²) in [6.45, 7) is 1.85. The summed E-state index contributed by atoms with van der Waals surface area (Å²) in [6, 6.07) is 18.2. The molecule has 1 N–H and O–H groups in total. The molecule has 0 radical (unpaired) electrons. The van der Waals surface area contributed by atoms with E-state index in [0.29, 0.717) is 5.69 Å². The maximum absolute atomic E-state index is 12.9. The van der Waals surface area contributed by atoms with E-state index in [4.69, 9.17) is 0 Å². The van der Waals surface area contributed by atoms with E-state index >= 15 is 0 Å². The van der Waals surface area contributed by atoms with E-state index in [2.05, 4.69) is 10.3 Å². The standard InChI is InChI=1S/C21H21N3O3S/c1-16(18-9-7-13-22-15-18)23-21(25)17-8-6-12-20(14-17)28(26,27)24(2)19-10-4-3-5-11-19/h3-16H,1-2H3,(H,23,25)/t16-/m0/s1. The van der Waals surface area contributed by atoms with Crippen LogP contribution in [0.1, 0.15) is 28.9 Å². The molecule has 0 spiro atoms. The SMILES string of the molecule is C[C@H](NC(=O)c1cccc(S(=O)(=O)N(C)c2ccccc2)c1)c1cccnc1. The second-order valence-corrected chi connectivity index (χ2v) is 8.29. The Hall–Kier alpha value is -3.19. The van der Waals surface area contributed by atoms with Crippen molar-refractivity contribution in [1.29, 1.82) is 0 Å². The lowest BCUT2D eigenvalue weighted by Gasteiger charge is -2.20. The summed E-state index contributed by atoms with van der Waals surface area (Å²) in [7, 11) is -2.30. The van der Waals surface area contributed by atoms with Crippen LogP contribution < -0.4 is 9.62 Å². The molecule has 28 heavy (non-hydrogen) atoms. The number of aromatic nitrogens is 1. The van der Waals surface area contributed by atoms with Gasteiger partial charge in [-0.05, 0) is 48.9 Å². The molecule has 1 heterocycles. The van der Waals surface area contributed by atoms with Gasteiger partial charge in [-0.1, -0.05) is 30.3 Å². The zero-order valence-corrected chi connectivity index (χ0v) is 16.4. The fraction of sp³-hybridized carbons (Fsp3) is 0.143. The molecule has 1 amide bonds. The summed E-state index contributed by atoms with van der Waals surface area (Å²) >= 11 is 0. The summed E-state index contributed by atoms with van der Waals surface area (Å²) in [6.07, 6.45) is 3.34. The first-order valence-electron chi connectivity index (χ1n) is 8.74. The minimum atomic E-state index is -3.79. The number of sulfonamides is 1. The zero-order chi connectivity index (χ0) is 20.1. The van der Waals surface area contributed by atoms with Crippen molar-refractivity contribution in [3.05, 3.63) is 90.3 Å². The lowest BCUT2D eigenvalue weighted by atomic mass is 10.1. The smallest absolute Gasteiger partial charge is 0.264 e. The Labute approximate surface area is 164 Å². The van der Waals surface area contributed by atoms with Crippen molar-refractivity contribution < 1.29 is 13.2 Å². The summed E-state index contributed by atoms with van der Waals surface area (Å²) < 4.78 is 27.1. The number of pyridine rings is 1. The molecule has 0 saturated carbocycles. The van der Waals surface area contributed by atoms with Crippen LogP contribution in [0, 0.1) is 0 Å². The molecule has 0 unspecified atom stereocenters. The first-order chi connectivity index (χ1) is 13.4. The molecule has 0 bridgehead atoms. The average Bonchev–Trinajstić information content (AvgIpc) is 2.74. The fourth-order valence-corrected chi connectivity index (χ4v) is 3.97. The highest BCUT2D eigenvalue weighted by Crippen LogP contribution is 2.22. The molecular weight excluding hydrogens is 374 g/mol. The van der Waals surface area contributed by atoms with Gasteiger partial charge in [0.25, 0.3) is 15.9 Å². The van der Waals surface area contributed by atoms with Crippen LogP contribution in [-0.4, -0.2) is 26.4 Å². The monoisotopic (exact) mass is 395 g/mol. The first-order valence-corrected chi connectivity index (χ1v) is 10.2. The molecule has 0 aliphatic carbocycles. The van der Waals surface area contributed by atoms with Crippen molar-refractivity contribution in [3.8, 4) is 0 Å². The number of para-hydroxylation sites is 1. The van der Waals surface area contributed by atoms with E-state index in [9.17, 15) is 13.2 Å². The fourth-order valence-electron chi connectivity index (χ4n) is 2.73. The normalized spacial score (nSPS) is 12.2. The number of carbonyl (C=O) groups is 1. The Morgan fingerprint density at radius 2 is 1.79 bits per heavy atom. The number of amides is 1. The second-order valence-electron chi connectivity index (χ2n) is 6.32. The van der Waals surface area contributed by atoms with Crippen LogP contribution in [0.2, 0.25) is 0 Å². The zero-order valence-electron chi connectivity index (χ0n) is 15.6. The van der Waals surface area contributed by atoms with Gasteiger partial charge in [0.15, 0.2) is 0 Å². The molecule has 6 nitrogen and oxygen atoms in total. The molecule has 7 heteroatoms. The third-order valence-corrected chi connectivity index (χ3v) is 6.19. The Morgan fingerprint density at radius 1 is 1.04 bits per heavy atom. The summed E-state index contributed by atoms with van der Waals surface area (Å²) in [5, 5.41) is 2.86. The molecule has 3 aromatic rings. The van der Waals surface area contributed by atoms with Gasteiger partial charge in [-0.15, -0.1) is 0 Å². The lowest BCUT2D eigenvalue weighted by Crippen LogP contribution is -2.28. The van der Waals surface area contributed by atoms with Crippen LogP contribution in [-0.2, 0) is 10.0 Å². The van der Waals surface area contributed by atoms with Crippen molar-refractivity contribution >= 4 is 21.6 Å². The highest BCUT2D eigenvalue weighted by molar-refractivity contribution is 7.92. The number of anilines is 1. The molecule has 0 fully saturated rings. The predicted molar refractivity (Wildman–Crippen MR) is 109 cm³/mol. The molecule has 0 aliphatic heterocycles. The number of nitrogens with zero attached hydrogens (tertiary/aromatic N) is 2. The first kappa shape index (κ1) is 19.6. The van der Waals surface area contributed by atoms with E-state index in [-0.39, 0.29) is 22.4 Å². The van der Waals surface area contributed by atoms with Gasteiger partial charge >= 0.3 is 0 Å². The Bertz CT molecular complexity index is 1050. The average molecular weight is 395 g/mol. The van der Waals surface area contributed by atoms with Crippen LogP contribution >= 0.6 is 0 Å². The van der Waals surface area contributed by atoms with Crippen molar-refractivity contribution in [2.24, 2.45) is 0 Å². The third kappa shape index (κ3) is 4.20. The largest absolute Gasteiger partial charge is 0.345 e. The van der Waals surface area contributed by atoms with Gasteiger partial charge in [0.1, 0.15) is 0 Å². The van der Waals surface area contributed by atoms with Gasteiger partial charge in [0, 0.05) is 25.0 Å². The Balaban J connectivity index is 1.82. The molecular formula is C21H21N3O3S. The van der Waals surface area contributed by atoms with E-state index in [1.165, 1.54) is 23.5 Å². The number of hydrogen-bond acceptors (Lipinski definition) is 4. The number of rotatable bonds is 6. The van der Waals surface area contributed by atoms with Crippen molar-refractivity contribution in [1.82, 2.24) is 10.3 Å². The van der Waals surface area contributed by atoms with Crippen molar-refractivity contribution in [2.75, 3.05) is 11.4 Å². The second kappa shape index (κ2) is 8.22. The molecule has 1 aromatic heterocycles. The predicted octanol–water partition coefficient (Wildman–Crippen LogP) is 3.40. The molecule has 1 atom stereocenters. The molecule has 144 valence electrons. The minimum Gasteiger partial charge on any atom is -0.345 e. The van der Waals surface area contributed by atoms with Gasteiger partial charge in [0.05, 0.1) is 16.6 Å². The Kier molecular flexibility index (Phi) is 5.75. The van der Waals surface area contributed by atoms with E-state index in [1.807, 2.05) is 19.1 Å². The third-order valence-electron chi connectivity index (χ3n) is 4.41. The van der Waals surface area contributed by atoms with E-state index < -0.39 is 10.0 Å². The van der Waals surface area contributed by atoms with Gasteiger partial charge in [-0.25, -0.2) is 8.42 Å². The van der Waals surface area contributed by atoms with Gasteiger partial charge < -0.3 is 5.32 Å². The molecule has 2 aromatic carbocycles. The van der Waals surface area contributed by atoms with Gasteiger partial charge in [-0.3, -0.25) is 14.1 Å². The van der Waals surface area contributed by atoms with Gasteiger partial charge in [0.2, 0.25) is 0 Å². The van der Waals surface area contributed by atoms with Crippen LogP contribution in [0.5, 0.6) is 0 Å². The highest BCUT2D eigenvalue weighted by atomic mass is 32.2. The highest BCUT2D eigenvalue weighted by Gasteiger charge is 2.22. The summed E-state index contributed by atoms with van der Waals surface area (Å²) in [5.74, 6) is -0.351. The number of carbonyl (C=O) groups excluding carboxylic acids is 1. The maximum Gasteiger partial charge on any atom is 0.264 e. The quantitative estimate of drug-likeness (QED) is 0.694. The summed E-state index contributed by atoms with van der Waals surface area (Å²) in [4.78, 5) is 16.7. The van der Waals surface area contributed by atoms with Crippen LogP contribution in [0.15, 0.2) is 84.0 Å². The molecule has 0 aliphatic rings.